The van der Waals surface area contributed by atoms with Gasteiger partial charge in [0.15, 0.2) is 0 Å². The van der Waals surface area contributed by atoms with Crippen LogP contribution in [0, 0.1) is 17.3 Å². The van der Waals surface area contributed by atoms with Gasteiger partial charge in [0.1, 0.15) is 0 Å². The summed E-state index contributed by atoms with van der Waals surface area (Å²) in [6.45, 7) is 13.1. The molecule has 1 N–H and O–H groups in total. The highest BCUT2D eigenvalue weighted by Crippen LogP contribution is 2.44. The highest BCUT2D eigenvalue weighted by Gasteiger charge is 2.38. The van der Waals surface area contributed by atoms with Crippen molar-refractivity contribution >= 4 is 0 Å². The molecule has 1 aliphatic rings. The Morgan fingerprint density at radius 3 is 2.47 bits per heavy atom. The molecule has 0 amide bonds. The maximum absolute atomic E-state index is 3.79. The van der Waals surface area contributed by atoms with Crippen molar-refractivity contribution in [2.75, 3.05) is 6.54 Å². The highest BCUT2D eigenvalue weighted by atomic mass is 14.9. The Kier molecular flexibility index (Phi) is 5.99. The van der Waals surface area contributed by atoms with Gasteiger partial charge in [-0.25, -0.2) is 0 Å². The summed E-state index contributed by atoms with van der Waals surface area (Å²) in [7, 11) is 0. The first kappa shape index (κ1) is 15.0. The van der Waals surface area contributed by atoms with Crippen molar-refractivity contribution in [1.82, 2.24) is 5.32 Å². The standard InChI is InChI=1S/C16H33N/c1-6-10-13(3)15(17-7-2)14-11-8-9-12-16(14,4)5/h13-15,17H,6-12H2,1-5H3. The molecule has 0 spiro atoms. The van der Waals surface area contributed by atoms with Gasteiger partial charge in [-0.15, -0.1) is 0 Å². The summed E-state index contributed by atoms with van der Waals surface area (Å²) >= 11 is 0. The Morgan fingerprint density at radius 1 is 1.24 bits per heavy atom. The molecule has 102 valence electrons. The van der Waals surface area contributed by atoms with Crippen LogP contribution in [0.1, 0.15) is 73.1 Å². The number of hydrogen-bond donors (Lipinski definition) is 1. The van der Waals surface area contributed by atoms with E-state index in [1.807, 2.05) is 0 Å². The zero-order chi connectivity index (χ0) is 12.9. The molecule has 0 heterocycles. The SMILES string of the molecule is CCCC(C)C(NCC)C1CCCCC1(C)C. The first-order valence-electron chi connectivity index (χ1n) is 7.76. The molecule has 0 aliphatic heterocycles. The summed E-state index contributed by atoms with van der Waals surface area (Å²) in [5.41, 5.74) is 0.535. The number of rotatable bonds is 6. The van der Waals surface area contributed by atoms with E-state index in [4.69, 9.17) is 0 Å². The van der Waals surface area contributed by atoms with Crippen molar-refractivity contribution in [3.05, 3.63) is 0 Å². The third kappa shape index (κ3) is 3.98. The molecule has 1 saturated carbocycles. The maximum atomic E-state index is 3.79. The van der Waals surface area contributed by atoms with Gasteiger partial charge in [0, 0.05) is 6.04 Å². The zero-order valence-electron chi connectivity index (χ0n) is 12.7. The topological polar surface area (TPSA) is 12.0 Å². The lowest BCUT2D eigenvalue weighted by Gasteiger charge is -2.45. The van der Waals surface area contributed by atoms with Crippen molar-refractivity contribution in [2.45, 2.75) is 79.2 Å². The average Bonchev–Trinajstić information content (AvgIpc) is 2.26. The van der Waals surface area contributed by atoms with E-state index in [0.717, 1.165) is 24.4 Å². The predicted molar refractivity (Wildman–Crippen MR) is 77.3 cm³/mol. The van der Waals surface area contributed by atoms with Gasteiger partial charge in [-0.2, -0.15) is 0 Å². The van der Waals surface area contributed by atoms with Crippen molar-refractivity contribution in [3.63, 3.8) is 0 Å². The second-order valence-corrected chi connectivity index (χ2v) is 6.69. The van der Waals surface area contributed by atoms with Crippen LogP contribution >= 0.6 is 0 Å². The second-order valence-electron chi connectivity index (χ2n) is 6.69. The molecule has 17 heavy (non-hydrogen) atoms. The summed E-state index contributed by atoms with van der Waals surface area (Å²) in [4.78, 5) is 0. The number of nitrogens with one attached hydrogen (secondary N) is 1. The van der Waals surface area contributed by atoms with Gasteiger partial charge >= 0.3 is 0 Å². The summed E-state index contributed by atoms with van der Waals surface area (Å²) in [5.74, 6) is 1.69. The van der Waals surface area contributed by atoms with Gasteiger partial charge < -0.3 is 5.32 Å². The van der Waals surface area contributed by atoms with Crippen LogP contribution in [0.2, 0.25) is 0 Å². The van der Waals surface area contributed by atoms with Crippen molar-refractivity contribution in [2.24, 2.45) is 17.3 Å². The second kappa shape index (κ2) is 6.78. The van der Waals surface area contributed by atoms with Crippen LogP contribution in [0.25, 0.3) is 0 Å². The van der Waals surface area contributed by atoms with Gasteiger partial charge in [-0.05, 0) is 43.1 Å². The van der Waals surface area contributed by atoms with E-state index in [1.165, 1.54) is 38.5 Å². The molecule has 0 aromatic rings. The molecular formula is C16H33N. The minimum atomic E-state index is 0.535. The van der Waals surface area contributed by atoms with Crippen LogP contribution in [-0.2, 0) is 0 Å². The molecule has 3 unspecified atom stereocenters. The minimum Gasteiger partial charge on any atom is -0.314 e. The Morgan fingerprint density at radius 2 is 1.94 bits per heavy atom. The van der Waals surface area contributed by atoms with Crippen molar-refractivity contribution in [1.29, 1.82) is 0 Å². The van der Waals surface area contributed by atoms with Crippen LogP contribution in [-0.4, -0.2) is 12.6 Å². The van der Waals surface area contributed by atoms with Gasteiger partial charge in [0.05, 0.1) is 0 Å². The molecule has 0 saturated heterocycles. The summed E-state index contributed by atoms with van der Waals surface area (Å²) in [5, 5.41) is 3.79. The fourth-order valence-electron chi connectivity index (χ4n) is 3.80. The molecule has 1 aliphatic carbocycles. The van der Waals surface area contributed by atoms with E-state index in [1.54, 1.807) is 0 Å². The van der Waals surface area contributed by atoms with Crippen molar-refractivity contribution < 1.29 is 0 Å². The van der Waals surface area contributed by atoms with E-state index in [-0.39, 0.29) is 0 Å². The summed E-state index contributed by atoms with van der Waals surface area (Å²) in [6, 6.07) is 0.732. The average molecular weight is 239 g/mol. The van der Waals surface area contributed by atoms with Crippen LogP contribution in [0.5, 0.6) is 0 Å². The third-order valence-electron chi connectivity index (χ3n) is 4.82. The lowest BCUT2D eigenvalue weighted by molar-refractivity contribution is 0.0750. The predicted octanol–water partition coefficient (Wildman–Crippen LogP) is 4.62. The van der Waals surface area contributed by atoms with E-state index in [2.05, 4.69) is 39.9 Å². The Balaban J connectivity index is 2.73. The molecule has 1 fully saturated rings. The Bertz CT molecular complexity index is 210. The highest BCUT2D eigenvalue weighted by molar-refractivity contribution is 4.92. The molecule has 1 heteroatoms. The van der Waals surface area contributed by atoms with Gasteiger partial charge in [-0.3, -0.25) is 0 Å². The minimum absolute atomic E-state index is 0.535. The van der Waals surface area contributed by atoms with E-state index in [9.17, 15) is 0 Å². The lowest BCUT2D eigenvalue weighted by atomic mass is 9.63. The normalized spacial score (nSPS) is 27.7. The maximum Gasteiger partial charge on any atom is 0.0126 e. The molecule has 1 nitrogen and oxygen atoms in total. The summed E-state index contributed by atoms with van der Waals surface area (Å²) in [6.07, 6.45) is 8.40. The summed E-state index contributed by atoms with van der Waals surface area (Å²) < 4.78 is 0. The van der Waals surface area contributed by atoms with E-state index >= 15 is 0 Å². The molecule has 0 aromatic heterocycles. The number of hydrogen-bond acceptors (Lipinski definition) is 1. The lowest BCUT2D eigenvalue weighted by Crippen LogP contribution is -2.48. The van der Waals surface area contributed by atoms with Gasteiger partial charge in [-0.1, -0.05) is 53.9 Å². The molecule has 0 radical (unpaired) electrons. The monoisotopic (exact) mass is 239 g/mol. The first-order valence-corrected chi connectivity index (χ1v) is 7.76. The van der Waals surface area contributed by atoms with E-state index < -0.39 is 0 Å². The van der Waals surface area contributed by atoms with Crippen LogP contribution < -0.4 is 5.32 Å². The van der Waals surface area contributed by atoms with Crippen LogP contribution in [0.4, 0.5) is 0 Å². The van der Waals surface area contributed by atoms with Crippen molar-refractivity contribution in [3.8, 4) is 0 Å². The molecular weight excluding hydrogens is 206 g/mol. The van der Waals surface area contributed by atoms with Gasteiger partial charge in [0.25, 0.3) is 0 Å². The van der Waals surface area contributed by atoms with E-state index in [0.29, 0.717) is 5.41 Å². The molecule has 0 bridgehead atoms. The van der Waals surface area contributed by atoms with Gasteiger partial charge in [0.2, 0.25) is 0 Å². The molecule has 1 rings (SSSR count). The quantitative estimate of drug-likeness (QED) is 0.713. The first-order chi connectivity index (χ1) is 8.03. The largest absolute Gasteiger partial charge is 0.314 e. The zero-order valence-corrected chi connectivity index (χ0v) is 12.7. The smallest absolute Gasteiger partial charge is 0.0126 e. The fourth-order valence-corrected chi connectivity index (χ4v) is 3.80. The molecule has 3 atom stereocenters. The van der Waals surface area contributed by atoms with Crippen LogP contribution in [0.3, 0.4) is 0 Å². The third-order valence-corrected chi connectivity index (χ3v) is 4.82. The fraction of sp³-hybridized carbons (Fsp3) is 1.00. The molecule has 0 aromatic carbocycles. The van der Waals surface area contributed by atoms with Crippen LogP contribution in [0.15, 0.2) is 0 Å². The Hall–Kier alpha value is -0.0400. The Labute approximate surface area is 109 Å².